The van der Waals surface area contributed by atoms with E-state index in [2.05, 4.69) is 19.2 Å². The maximum Gasteiger partial charge on any atom is 0.327 e. The molecule has 6 nitrogen and oxygen atoms in total. The molecule has 0 aromatic rings. The lowest BCUT2D eigenvalue weighted by molar-refractivity contribution is -0.137. The van der Waals surface area contributed by atoms with Crippen molar-refractivity contribution in [3.63, 3.8) is 0 Å². The number of urea groups is 1. The molecule has 1 aliphatic carbocycles. The Morgan fingerprint density at radius 1 is 1.08 bits per heavy atom. The fourth-order valence-corrected chi connectivity index (χ4v) is 4.13. The highest BCUT2D eigenvalue weighted by atomic mass is 16.2. The van der Waals surface area contributed by atoms with Crippen LogP contribution in [-0.2, 0) is 9.59 Å². The SMILES string of the molecule is CC(C)CCCCCCNC(=O)CN1C(=O)N(C)C2(CCCCC2)C1=O. The van der Waals surface area contributed by atoms with Crippen molar-refractivity contribution in [2.45, 2.75) is 83.6 Å². The van der Waals surface area contributed by atoms with Gasteiger partial charge < -0.3 is 10.2 Å². The second-order valence-corrected chi connectivity index (χ2v) is 8.27. The minimum atomic E-state index is -0.702. The zero-order chi connectivity index (χ0) is 19.2. The third kappa shape index (κ3) is 4.77. The van der Waals surface area contributed by atoms with E-state index >= 15 is 0 Å². The fraction of sp³-hybridized carbons (Fsp3) is 0.850. The number of nitrogens with one attached hydrogen (secondary N) is 1. The van der Waals surface area contributed by atoms with E-state index in [0.717, 1.165) is 42.9 Å². The molecule has 6 heteroatoms. The normalized spacial score (nSPS) is 19.7. The van der Waals surface area contributed by atoms with Crippen molar-refractivity contribution in [3.05, 3.63) is 0 Å². The Kier molecular flexibility index (Phi) is 7.47. The Bertz CT molecular complexity index is 512. The van der Waals surface area contributed by atoms with Gasteiger partial charge in [-0.15, -0.1) is 0 Å². The number of rotatable bonds is 9. The van der Waals surface area contributed by atoms with Gasteiger partial charge in [0, 0.05) is 13.6 Å². The quantitative estimate of drug-likeness (QED) is 0.503. The highest BCUT2D eigenvalue weighted by Crippen LogP contribution is 2.39. The first kappa shape index (κ1) is 20.7. The number of likely N-dealkylation sites (N-methyl/N-ethyl adjacent to an activating group) is 1. The predicted molar refractivity (Wildman–Crippen MR) is 102 cm³/mol. The molecular weight excluding hydrogens is 330 g/mol. The molecular formula is C20H35N3O3. The molecule has 1 saturated carbocycles. The van der Waals surface area contributed by atoms with E-state index in [9.17, 15) is 14.4 Å². The number of unbranched alkanes of at least 4 members (excludes halogenated alkanes) is 3. The Labute approximate surface area is 157 Å². The van der Waals surface area contributed by atoms with Crippen molar-refractivity contribution < 1.29 is 14.4 Å². The van der Waals surface area contributed by atoms with Crippen molar-refractivity contribution in [2.24, 2.45) is 5.92 Å². The van der Waals surface area contributed by atoms with Gasteiger partial charge in [-0.1, -0.05) is 58.8 Å². The van der Waals surface area contributed by atoms with Gasteiger partial charge in [0.05, 0.1) is 0 Å². The molecule has 2 aliphatic rings. The molecule has 1 aliphatic heterocycles. The number of hydrogen-bond acceptors (Lipinski definition) is 3. The molecule has 26 heavy (non-hydrogen) atoms. The van der Waals surface area contributed by atoms with Gasteiger partial charge in [-0.3, -0.25) is 14.5 Å². The van der Waals surface area contributed by atoms with Crippen molar-refractivity contribution >= 4 is 17.8 Å². The van der Waals surface area contributed by atoms with Gasteiger partial charge in [0.25, 0.3) is 5.91 Å². The summed E-state index contributed by atoms with van der Waals surface area (Å²) in [5, 5.41) is 2.85. The average molecular weight is 366 g/mol. The van der Waals surface area contributed by atoms with Crippen LogP contribution in [0.4, 0.5) is 4.79 Å². The minimum absolute atomic E-state index is 0.156. The summed E-state index contributed by atoms with van der Waals surface area (Å²) in [6.45, 7) is 4.92. The van der Waals surface area contributed by atoms with E-state index in [1.54, 1.807) is 11.9 Å². The highest BCUT2D eigenvalue weighted by molar-refractivity contribution is 6.08. The van der Waals surface area contributed by atoms with Gasteiger partial charge >= 0.3 is 6.03 Å². The Morgan fingerprint density at radius 3 is 2.38 bits per heavy atom. The van der Waals surface area contributed by atoms with E-state index in [0.29, 0.717) is 19.4 Å². The molecule has 148 valence electrons. The Hall–Kier alpha value is -1.59. The van der Waals surface area contributed by atoms with Crippen LogP contribution in [-0.4, -0.2) is 53.3 Å². The first-order valence-electron chi connectivity index (χ1n) is 10.2. The molecule has 1 spiro atoms. The van der Waals surface area contributed by atoms with Crippen LogP contribution in [0.3, 0.4) is 0 Å². The molecule has 1 heterocycles. The van der Waals surface area contributed by atoms with Crippen LogP contribution >= 0.6 is 0 Å². The third-order valence-electron chi connectivity index (χ3n) is 5.82. The molecule has 0 unspecified atom stereocenters. The van der Waals surface area contributed by atoms with Crippen molar-refractivity contribution in [1.29, 1.82) is 0 Å². The second kappa shape index (κ2) is 9.38. The molecule has 0 aromatic carbocycles. The summed E-state index contributed by atoms with van der Waals surface area (Å²) in [5.74, 6) is 0.319. The summed E-state index contributed by atoms with van der Waals surface area (Å²) < 4.78 is 0. The average Bonchev–Trinajstić information content (AvgIpc) is 2.78. The molecule has 0 bridgehead atoms. The van der Waals surface area contributed by atoms with Crippen LogP contribution in [0.5, 0.6) is 0 Å². The number of imide groups is 1. The van der Waals surface area contributed by atoms with Crippen LogP contribution in [0.2, 0.25) is 0 Å². The smallest absolute Gasteiger partial charge is 0.327 e. The summed E-state index contributed by atoms with van der Waals surface area (Å²) in [5.41, 5.74) is -0.702. The number of carbonyl (C=O) groups is 3. The van der Waals surface area contributed by atoms with Crippen LogP contribution < -0.4 is 5.32 Å². The highest BCUT2D eigenvalue weighted by Gasteiger charge is 2.55. The topological polar surface area (TPSA) is 69.7 Å². The van der Waals surface area contributed by atoms with Crippen molar-refractivity contribution in [3.8, 4) is 0 Å². The standard InChI is InChI=1S/C20H35N3O3/c1-16(2)11-7-4-5-10-14-21-17(24)15-23-18(25)20(22(3)19(23)26)12-8-6-9-13-20/h16H,4-15H2,1-3H3,(H,21,24). The number of carbonyl (C=O) groups excluding carboxylic acids is 3. The molecule has 1 saturated heterocycles. The van der Waals surface area contributed by atoms with Gasteiger partial charge in [-0.2, -0.15) is 0 Å². The van der Waals surface area contributed by atoms with Gasteiger partial charge in [0.2, 0.25) is 5.91 Å². The van der Waals surface area contributed by atoms with Gasteiger partial charge in [-0.05, 0) is 25.2 Å². The van der Waals surface area contributed by atoms with E-state index in [1.807, 2.05) is 0 Å². The van der Waals surface area contributed by atoms with Crippen LogP contribution in [0, 0.1) is 5.92 Å². The lowest BCUT2D eigenvalue weighted by Crippen LogP contribution is -2.49. The van der Waals surface area contributed by atoms with Crippen LogP contribution in [0.15, 0.2) is 0 Å². The number of nitrogens with zero attached hydrogens (tertiary/aromatic N) is 2. The lowest BCUT2D eigenvalue weighted by Gasteiger charge is -2.35. The van der Waals surface area contributed by atoms with Gasteiger partial charge in [0.15, 0.2) is 0 Å². The third-order valence-corrected chi connectivity index (χ3v) is 5.82. The summed E-state index contributed by atoms with van der Waals surface area (Å²) in [7, 11) is 1.70. The number of amides is 4. The zero-order valence-electron chi connectivity index (χ0n) is 16.7. The first-order valence-corrected chi connectivity index (χ1v) is 10.2. The second-order valence-electron chi connectivity index (χ2n) is 8.27. The van der Waals surface area contributed by atoms with Crippen LogP contribution in [0.25, 0.3) is 0 Å². The molecule has 2 rings (SSSR count). The lowest BCUT2D eigenvalue weighted by atomic mass is 9.81. The van der Waals surface area contributed by atoms with E-state index in [-0.39, 0.29) is 24.4 Å². The summed E-state index contributed by atoms with van der Waals surface area (Å²) in [6.07, 6.45) is 10.2. The first-order chi connectivity index (χ1) is 12.4. The molecule has 0 radical (unpaired) electrons. The Morgan fingerprint density at radius 2 is 1.73 bits per heavy atom. The molecule has 4 amide bonds. The van der Waals surface area contributed by atoms with Gasteiger partial charge in [-0.25, -0.2) is 4.79 Å². The molecule has 0 aromatic heterocycles. The molecule has 0 atom stereocenters. The summed E-state index contributed by atoms with van der Waals surface area (Å²) in [6, 6.07) is -0.333. The van der Waals surface area contributed by atoms with E-state index in [1.165, 1.54) is 19.3 Å². The number of hydrogen-bond donors (Lipinski definition) is 1. The summed E-state index contributed by atoms with van der Waals surface area (Å²) in [4.78, 5) is 40.2. The van der Waals surface area contributed by atoms with Gasteiger partial charge in [0.1, 0.15) is 12.1 Å². The maximum atomic E-state index is 12.8. The zero-order valence-corrected chi connectivity index (χ0v) is 16.7. The van der Waals surface area contributed by atoms with E-state index in [4.69, 9.17) is 0 Å². The molecule has 2 fully saturated rings. The van der Waals surface area contributed by atoms with Crippen molar-refractivity contribution in [2.75, 3.05) is 20.1 Å². The van der Waals surface area contributed by atoms with Crippen LogP contribution in [0.1, 0.15) is 78.1 Å². The van der Waals surface area contributed by atoms with E-state index < -0.39 is 5.54 Å². The summed E-state index contributed by atoms with van der Waals surface area (Å²) >= 11 is 0. The minimum Gasteiger partial charge on any atom is -0.355 e. The fourth-order valence-electron chi connectivity index (χ4n) is 4.13. The Balaban J connectivity index is 1.73. The predicted octanol–water partition coefficient (Wildman–Crippen LogP) is 3.31. The monoisotopic (exact) mass is 365 g/mol. The maximum absolute atomic E-state index is 12.8. The van der Waals surface area contributed by atoms with Crippen molar-refractivity contribution in [1.82, 2.24) is 15.1 Å². The molecule has 1 N–H and O–H groups in total. The largest absolute Gasteiger partial charge is 0.355 e.